The number of hydrogen-bond donors (Lipinski definition) is 1. The van der Waals surface area contributed by atoms with Gasteiger partial charge in [-0.2, -0.15) is 4.37 Å². The van der Waals surface area contributed by atoms with E-state index in [9.17, 15) is 8.42 Å². The summed E-state index contributed by atoms with van der Waals surface area (Å²) in [5.74, 6) is 1.59. The minimum atomic E-state index is -3.72. The zero-order valence-corrected chi connectivity index (χ0v) is 21.2. The number of benzene rings is 3. The summed E-state index contributed by atoms with van der Waals surface area (Å²) in [5, 5.41) is 1.23. The molecule has 3 aromatic carbocycles. The second kappa shape index (κ2) is 10.2. The van der Waals surface area contributed by atoms with Crippen molar-refractivity contribution in [2.24, 2.45) is 0 Å². The van der Waals surface area contributed by atoms with Gasteiger partial charge in [-0.3, -0.25) is 9.62 Å². The summed E-state index contributed by atoms with van der Waals surface area (Å²) < 4.78 is 39.8. The fourth-order valence-electron chi connectivity index (χ4n) is 4.37. The summed E-state index contributed by atoms with van der Waals surface area (Å²) in [6, 6.07) is 22.5. The van der Waals surface area contributed by atoms with Gasteiger partial charge in [0.15, 0.2) is 0 Å². The highest BCUT2D eigenvalue weighted by molar-refractivity contribution is 7.92. The number of rotatable bonds is 8. The molecule has 0 atom stereocenters. The number of ether oxygens (including phenoxy) is 1. The molecule has 0 saturated carbocycles. The van der Waals surface area contributed by atoms with Crippen molar-refractivity contribution in [3.63, 3.8) is 0 Å². The average molecular weight is 509 g/mol. The molecule has 1 N–H and O–H groups in total. The molecule has 2 heterocycles. The summed E-state index contributed by atoms with van der Waals surface area (Å²) >= 11 is 1.55. The predicted molar refractivity (Wildman–Crippen MR) is 142 cm³/mol. The van der Waals surface area contributed by atoms with Crippen LogP contribution in [0.4, 0.5) is 11.5 Å². The summed E-state index contributed by atoms with van der Waals surface area (Å²) in [4.78, 5) is 4.97. The molecular weight excluding hydrogens is 480 g/mol. The van der Waals surface area contributed by atoms with E-state index in [-0.39, 0.29) is 4.90 Å². The average Bonchev–Trinajstić information content (AvgIpc) is 3.33. The highest BCUT2D eigenvalue weighted by Crippen LogP contribution is 2.30. The summed E-state index contributed by atoms with van der Waals surface area (Å²) in [6.45, 7) is 4.62. The molecule has 1 fully saturated rings. The zero-order valence-electron chi connectivity index (χ0n) is 19.6. The molecule has 1 aliphatic heterocycles. The number of hydrogen-bond acceptors (Lipinski definition) is 7. The fourth-order valence-corrected chi connectivity index (χ4v) is 6.30. The number of nitrogens with one attached hydrogen (secondary N) is 1. The lowest BCUT2D eigenvalue weighted by molar-refractivity contribution is 0.261. The summed E-state index contributed by atoms with van der Waals surface area (Å²) in [7, 11) is -2.20. The van der Waals surface area contributed by atoms with E-state index >= 15 is 0 Å². The van der Waals surface area contributed by atoms with Crippen LogP contribution in [0.25, 0.3) is 10.1 Å². The van der Waals surface area contributed by atoms with Crippen LogP contribution in [0.5, 0.6) is 5.75 Å². The van der Waals surface area contributed by atoms with E-state index in [2.05, 4.69) is 38.8 Å². The van der Waals surface area contributed by atoms with Crippen molar-refractivity contribution in [2.75, 3.05) is 49.5 Å². The first kappa shape index (κ1) is 23.6. The van der Waals surface area contributed by atoms with Crippen molar-refractivity contribution < 1.29 is 13.2 Å². The SMILES string of the molecule is COc1cccc(S(=O)(=O)Nc2ccccc2CCN2CCN(c3nsc4ccccc34)CC2)c1. The number of aromatic nitrogens is 1. The second-order valence-electron chi connectivity index (χ2n) is 8.52. The molecule has 182 valence electrons. The third-order valence-electron chi connectivity index (χ3n) is 6.34. The maximum Gasteiger partial charge on any atom is 0.262 e. The number of anilines is 2. The Hall–Kier alpha value is -3.14. The number of piperazine rings is 1. The maximum atomic E-state index is 13.0. The minimum Gasteiger partial charge on any atom is -0.497 e. The van der Waals surface area contributed by atoms with E-state index in [1.165, 1.54) is 23.3 Å². The number of para-hydroxylation sites is 1. The van der Waals surface area contributed by atoms with E-state index in [4.69, 9.17) is 9.11 Å². The van der Waals surface area contributed by atoms with Crippen LogP contribution in [0.2, 0.25) is 0 Å². The Balaban J connectivity index is 1.21. The highest BCUT2D eigenvalue weighted by Gasteiger charge is 2.21. The van der Waals surface area contributed by atoms with Gasteiger partial charge in [-0.15, -0.1) is 0 Å². The normalized spacial score (nSPS) is 14.8. The lowest BCUT2D eigenvalue weighted by Gasteiger charge is -2.35. The van der Waals surface area contributed by atoms with Crippen molar-refractivity contribution in [2.45, 2.75) is 11.3 Å². The van der Waals surface area contributed by atoms with E-state index in [0.717, 1.165) is 50.5 Å². The molecule has 0 bridgehead atoms. The zero-order chi connectivity index (χ0) is 24.3. The molecule has 0 aliphatic carbocycles. The molecule has 9 heteroatoms. The highest BCUT2D eigenvalue weighted by atomic mass is 32.2. The van der Waals surface area contributed by atoms with Gasteiger partial charge in [0.2, 0.25) is 0 Å². The Morgan fingerprint density at radius 2 is 1.74 bits per heavy atom. The largest absolute Gasteiger partial charge is 0.497 e. The van der Waals surface area contributed by atoms with Crippen LogP contribution in [0.1, 0.15) is 5.56 Å². The van der Waals surface area contributed by atoms with Gasteiger partial charge in [0.25, 0.3) is 10.0 Å². The van der Waals surface area contributed by atoms with E-state index in [1.54, 1.807) is 29.7 Å². The second-order valence-corrected chi connectivity index (χ2v) is 11.0. The van der Waals surface area contributed by atoms with Gasteiger partial charge in [0, 0.05) is 44.2 Å². The van der Waals surface area contributed by atoms with E-state index < -0.39 is 10.0 Å². The van der Waals surface area contributed by atoms with Crippen LogP contribution >= 0.6 is 11.5 Å². The molecule has 4 aromatic rings. The standard InChI is InChI=1S/C26H28N4O3S2/c1-33-21-8-6-9-22(19-21)35(31,32)28-24-11-4-2-7-20(24)13-14-29-15-17-30(18-16-29)26-23-10-3-5-12-25(23)34-27-26/h2-12,19,28H,13-18H2,1H3. The maximum absolute atomic E-state index is 13.0. The number of fused-ring (bicyclic) bond motifs is 1. The van der Waals surface area contributed by atoms with Gasteiger partial charge in [-0.1, -0.05) is 36.4 Å². The first-order chi connectivity index (χ1) is 17.0. The van der Waals surface area contributed by atoms with Crippen LogP contribution in [0, 0.1) is 0 Å². The number of nitrogens with zero attached hydrogens (tertiary/aromatic N) is 3. The molecule has 7 nitrogen and oxygen atoms in total. The van der Waals surface area contributed by atoms with Gasteiger partial charge in [0.1, 0.15) is 11.6 Å². The molecule has 0 radical (unpaired) electrons. The monoisotopic (exact) mass is 508 g/mol. The van der Waals surface area contributed by atoms with Gasteiger partial charge in [-0.25, -0.2) is 8.42 Å². The van der Waals surface area contributed by atoms with Crippen LogP contribution < -0.4 is 14.4 Å². The third-order valence-corrected chi connectivity index (χ3v) is 8.52. The van der Waals surface area contributed by atoms with E-state index in [1.807, 2.05) is 24.3 Å². The molecule has 5 rings (SSSR count). The lowest BCUT2D eigenvalue weighted by Crippen LogP contribution is -2.47. The minimum absolute atomic E-state index is 0.178. The Kier molecular flexibility index (Phi) is 6.90. The molecular formula is C26H28N4O3S2. The van der Waals surface area contributed by atoms with Gasteiger partial charge < -0.3 is 9.64 Å². The van der Waals surface area contributed by atoms with Crippen molar-refractivity contribution in [1.29, 1.82) is 0 Å². The van der Waals surface area contributed by atoms with Crippen LogP contribution in [-0.2, 0) is 16.4 Å². The molecule has 1 aliphatic rings. The van der Waals surface area contributed by atoms with Crippen molar-refractivity contribution >= 4 is 43.1 Å². The molecule has 0 amide bonds. The first-order valence-corrected chi connectivity index (χ1v) is 13.9. The molecule has 0 spiro atoms. The Bertz CT molecular complexity index is 1410. The van der Waals surface area contributed by atoms with Crippen LogP contribution in [0.3, 0.4) is 0 Å². The third kappa shape index (κ3) is 5.27. The van der Waals surface area contributed by atoms with E-state index in [0.29, 0.717) is 11.4 Å². The predicted octanol–water partition coefficient (Wildman–Crippen LogP) is 4.47. The smallest absolute Gasteiger partial charge is 0.262 e. The summed E-state index contributed by atoms with van der Waals surface area (Å²) in [5.41, 5.74) is 1.59. The topological polar surface area (TPSA) is 74.8 Å². The lowest BCUT2D eigenvalue weighted by atomic mass is 10.1. The van der Waals surface area contributed by atoms with Crippen LogP contribution in [-0.4, -0.2) is 57.5 Å². The molecule has 1 aromatic heterocycles. The van der Waals surface area contributed by atoms with Gasteiger partial charge in [0.05, 0.1) is 22.4 Å². The first-order valence-electron chi connectivity index (χ1n) is 11.6. The fraction of sp³-hybridized carbons (Fsp3) is 0.269. The Morgan fingerprint density at radius 3 is 2.57 bits per heavy atom. The van der Waals surface area contributed by atoms with Crippen molar-refractivity contribution in [3.8, 4) is 5.75 Å². The Morgan fingerprint density at radius 1 is 0.971 bits per heavy atom. The quantitative estimate of drug-likeness (QED) is 0.379. The van der Waals surface area contributed by atoms with Crippen molar-refractivity contribution in [3.05, 3.63) is 78.4 Å². The molecule has 0 unspecified atom stereocenters. The Labute approximate surface area is 210 Å². The van der Waals surface area contributed by atoms with Crippen LogP contribution in [0.15, 0.2) is 77.7 Å². The van der Waals surface area contributed by atoms with Gasteiger partial charge in [-0.05, 0) is 53.8 Å². The number of methoxy groups -OCH3 is 1. The molecule has 1 saturated heterocycles. The van der Waals surface area contributed by atoms with Gasteiger partial charge >= 0.3 is 0 Å². The summed E-state index contributed by atoms with van der Waals surface area (Å²) in [6.07, 6.45) is 0.760. The van der Waals surface area contributed by atoms with Crippen molar-refractivity contribution in [1.82, 2.24) is 9.27 Å². The molecule has 35 heavy (non-hydrogen) atoms. The number of sulfonamides is 1.